The minimum Gasteiger partial charge on any atom is -0.466 e. The van der Waals surface area contributed by atoms with Gasteiger partial charge in [-0.1, -0.05) is 26.1 Å². The van der Waals surface area contributed by atoms with E-state index in [1.54, 1.807) is 6.92 Å². The summed E-state index contributed by atoms with van der Waals surface area (Å²) in [5, 5.41) is 0. The molecule has 12 heavy (non-hydrogen) atoms. The Morgan fingerprint density at radius 3 is 2.33 bits per heavy atom. The lowest BCUT2D eigenvalue weighted by molar-refractivity contribution is -0.145. The predicted octanol–water partition coefficient (Wildman–Crippen LogP) is 2.36. The molecule has 0 radical (unpaired) electrons. The Labute approximate surface area is 79.3 Å². The number of carbonyl (C=O) groups excluding carboxylic acids is 1. The van der Waals surface area contributed by atoms with Gasteiger partial charge in [0, 0.05) is 4.86 Å². The summed E-state index contributed by atoms with van der Waals surface area (Å²) >= 11 is 5.07. The van der Waals surface area contributed by atoms with E-state index < -0.39 is 0 Å². The van der Waals surface area contributed by atoms with Gasteiger partial charge in [0.05, 0.1) is 12.5 Å². The third-order valence-corrected chi connectivity index (χ3v) is 2.29. The summed E-state index contributed by atoms with van der Waals surface area (Å²) in [7, 11) is 0. The van der Waals surface area contributed by atoms with Gasteiger partial charge in [-0.05, 0) is 19.8 Å². The smallest absolute Gasteiger partial charge is 0.313 e. The standard InChI is InChI=1S/C9H16O2S/c1-4-7(8(12)5-2)9(10)11-6-3/h7H,4-6H2,1-3H3. The number of thiocarbonyl (C=S) groups is 1. The van der Waals surface area contributed by atoms with E-state index in [0.29, 0.717) is 6.61 Å². The molecule has 1 atom stereocenters. The van der Waals surface area contributed by atoms with Crippen molar-refractivity contribution < 1.29 is 9.53 Å². The van der Waals surface area contributed by atoms with Crippen molar-refractivity contribution >= 4 is 23.1 Å². The van der Waals surface area contributed by atoms with E-state index in [4.69, 9.17) is 17.0 Å². The molecule has 0 aliphatic heterocycles. The molecule has 3 heteroatoms. The fourth-order valence-electron chi connectivity index (χ4n) is 1.02. The molecule has 0 rings (SSSR count). The van der Waals surface area contributed by atoms with Crippen LogP contribution in [0.3, 0.4) is 0 Å². The van der Waals surface area contributed by atoms with E-state index in [-0.39, 0.29) is 11.9 Å². The summed E-state index contributed by atoms with van der Waals surface area (Å²) in [5.74, 6) is -0.350. The first-order valence-corrected chi connectivity index (χ1v) is 4.77. The number of carbonyl (C=O) groups is 1. The highest BCUT2D eigenvalue weighted by Gasteiger charge is 2.20. The maximum absolute atomic E-state index is 11.3. The molecule has 0 saturated carbocycles. The molecule has 0 fully saturated rings. The predicted molar refractivity (Wildman–Crippen MR) is 53.3 cm³/mol. The van der Waals surface area contributed by atoms with E-state index in [9.17, 15) is 4.79 Å². The zero-order chi connectivity index (χ0) is 9.56. The molecule has 0 heterocycles. The van der Waals surface area contributed by atoms with Crippen LogP contribution < -0.4 is 0 Å². The molecular weight excluding hydrogens is 172 g/mol. The highest BCUT2D eigenvalue weighted by atomic mass is 32.1. The van der Waals surface area contributed by atoms with Gasteiger partial charge in [-0.3, -0.25) is 4.79 Å². The van der Waals surface area contributed by atoms with Crippen LogP contribution in [0.1, 0.15) is 33.6 Å². The molecular formula is C9H16O2S. The Morgan fingerprint density at radius 2 is 2.00 bits per heavy atom. The Bertz CT molecular complexity index is 166. The number of hydrogen-bond acceptors (Lipinski definition) is 3. The van der Waals surface area contributed by atoms with Crippen LogP contribution >= 0.6 is 12.2 Å². The molecule has 2 nitrogen and oxygen atoms in total. The lowest BCUT2D eigenvalue weighted by Gasteiger charge is -2.12. The molecule has 70 valence electrons. The van der Waals surface area contributed by atoms with Crippen LogP contribution in [0.25, 0.3) is 0 Å². The van der Waals surface area contributed by atoms with Crippen molar-refractivity contribution in [1.82, 2.24) is 0 Å². The number of ether oxygens (including phenoxy) is 1. The van der Waals surface area contributed by atoms with Crippen LogP contribution in [0.5, 0.6) is 0 Å². The first kappa shape index (κ1) is 11.6. The molecule has 0 aromatic heterocycles. The molecule has 0 aliphatic carbocycles. The van der Waals surface area contributed by atoms with Crippen LogP contribution in [0.2, 0.25) is 0 Å². The minimum absolute atomic E-state index is 0.174. The average molecular weight is 188 g/mol. The van der Waals surface area contributed by atoms with Crippen molar-refractivity contribution in [3.8, 4) is 0 Å². The molecule has 0 aromatic carbocycles. The van der Waals surface area contributed by atoms with Crippen molar-refractivity contribution in [3.05, 3.63) is 0 Å². The van der Waals surface area contributed by atoms with Crippen LogP contribution in [-0.2, 0) is 9.53 Å². The summed E-state index contributed by atoms with van der Waals surface area (Å²) in [6, 6.07) is 0. The number of hydrogen-bond donors (Lipinski definition) is 0. The van der Waals surface area contributed by atoms with E-state index in [1.807, 2.05) is 13.8 Å². The summed E-state index contributed by atoms with van der Waals surface area (Å²) in [6.45, 7) is 6.15. The van der Waals surface area contributed by atoms with E-state index in [0.717, 1.165) is 17.7 Å². The van der Waals surface area contributed by atoms with E-state index >= 15 is 0 Å². The Hall–Kier alpha value is -0.440. The summed E-state index contributed by atoms with van der Waals surface area (Å²) in [5.41, 5.74) is 0. The number of esters is 1. The topological polar surface area (TPSA) is 26.3 Å². The highest BCUT2D eigenvalue weighted by molar-refractivity contribution is 7.80. The van der Waals surface area contributed by atoms with Gasteiger partial charge in [0.15, 0.2) is 0 Å². The highest BCUT2D eigenvalue weighted by Crippen LogP contribution is 2.10. The van der Waals surface area contributed by atoms with E-state index in [2.05, 4.69) is 0 Å². The molecule has 0 saturated heterocycles. The summed E-state index contributed by atoms with van der Waals surface area (Å²) in [4.78, 5) is 12.1. The van der Waals surface area contributed by atoms with Crippen molar-refractivity contribution in [1.29, 1.82) is 0 Å². The zero-order valence-corrected chi connectivity index (χ0v) is 8.74. The fraction of sp³-hybridized carbons (Fsp3) is 0.778. The maximum atomic E-state index is 11.3. The Balaban J connectivity index is 4.14. The normalized spacial score (nSPS) is 12.2. The second kappa shape index (κ2) is 6.12. The van der Waals surface area contributed by atoms with Gasteiger partial charge < -0.3 is 4.74 Å². The third kappa shape index (κ3) is 3.30. The van der Waals surface area contributed by atoms with Gasteiger partial charge >= 0.3 is 5.97 Å². The van der Waals surface area contributed by atoms with Crippen LogP contribution in [-0.4, -0.2) is 17.4 Å². The van der Waals surface area contributed by atoms with Gasteiger partial charge in [0.25, 0.3) is 0 Å². The quantitative estimate of drug-likeness (QED) is 0.489. The summed E-state index contributed by atoms with van der Waals surface area (Å²) < 4.78 is 4.89. The SMILES string of the molecule is CCOC(=O)C(CC)C(=S)CC. The van der Waals surface area contributed by atoms with Crippen molar-refractivity contribution in [2.45, 2.75) is 33.6 Å². The second-order valence-corrected chi connectivity index (χ2v) is 3.06. The first-order chi connectivity index (χ1) is 5.67. The first-order valence-electron chi connectivity index (χ1n) is 4.36. The van der Waals surface area contributed by atoms with Gasteiger partial charge in [-0.15, -0.1) is 0 Å². The van der Waals surface area contributed by atoms with Crippen LogP contribution in [0.15, 0.2) is 0 Å². The molecule has 0 amide bonds. The van der Waals surface area contributed by atoms with Crippen molar-refractivity contribution in [3.63, 3.8) is 0 Å². The fourth-order valence-corrected chi connectivity index (χ4v) is 1.28. The Morgan fingerprint density at radius 1 is 1.42 bits per heavy atom. The molecule has 1 unspecified atom stereocenters. The maximum Gasteiger partial charge on any atom is 0.313 e. The third-order valence-electron chi connectivity index (χ3n) is 1.72. The molecule has 0 aromatic rings. The molecule has 0 aliphatic rings. The van der Waals surface area contributed by atoms with Gasteiger partial charge in [-0.2, -0.15) is 0 Å². The molecule has 0 spiro atoms. The van der Waals surface area contributed by atoms with Crippen molar-refractivity contribution in [2.75, 3.05) is 6.61 Å². The largest absolute Gasteiger partial charge is 0.466 e. The lowest BCUT2D eigenvalue weighted by atomic mass is 10.0. The van der Waals surface area contributed by atoms with Gasteiger partial charge in [0.2, 0.25) is 0 Å². The van der Waals surface area contributed by atoms with Crippen molar-refractivity contribution in [2.24, 2.45) is 5.92 Å². The number of rotatable bonds is 5. The monoisotopic (exact) mass is 188 g/mol. The Kier molecular flexibility index (Phi) is 5.89. The van der Waals surface area contributed by atoms with Crippen LogP contribution in [0, 0.1) is 5.92 Å². The van der Waals surface area contributed by atoms with Gasteiger partial charge in [-0.25, -0.2) is 0 Å². The van der Waals surface area contributed by atoms with Gasteiger partial charge in [0.1, 0.15) is 0 Å². The van der Waals surface area contributed by atoms with E-state index in [1.165, 1.54) is 0 Å². The zero-order valence-electron chi connectivity index (χ0n) is 7.92. The second-order valence-electron chi connectivity index (χ2n) is 2.53. The molecule has 0 N–H and O–H groups in total. The summed E-state index contributed by atoms with van der Waals surface area (Å²) in [6.07, 6.45) is 1.51. The lowest BCUT2D eigenvalue weighted by Crippen LogP contribution is -2.23. The molecule has 0 bridgehead atoms. The average Bonchev–Trinajstić information content (AvgIpc) is 2.06. The van der Waals surface area contributed by atoms with Crippen LogP contribution in [0.4, 0.5) is 0 Å². The minimum atomic E-state index is -0.176.